The van der Waals surface area contributed by atoms with Gasteiger partial charge in [0, 0.05) is 17.3 Å². The highest BCUT2D eigenvalue weighted by molar-refractivity contribution is 5.92. The standard InChI is InChI=1S/C12H14N4O2/c1-7(2)16-11(10(12(17)18)14-15-16)8-3-5-9(13)6-4-8/h3-7H,13H2,1-2H3,(H,17,18). The summed E-state index contributed by atoms with van der Waals surface area (Å²) < 4.78 is 1.59. The molecule has 0 bridgehead atoms. The Morgan fingerprint density at radius 1 is 1.33 bits per heavy atom. The zero-order valence-electron chi connectivity index (χ0n) is 10.2. The van der Waals surface area contributed by atoms with Crippen LogP contribution in [-0.2, 0) is 0 Å². The molecule has 2 rings (SSSR count). The third kappa shape index (κ3) is 2.04. The second kappa shape index (κ2) is 4.48. The molecule has 6 heteroatoms. The molecule has 0 aliphatic carbocycles. The summed E-state index contributed by atoms with van der Waals surface area (Å²) in [5, 5.41) is 16.7. The number of aromatic nitrogens is 3. The second-order valence-corrected chi connectivity index (χ2v) is 4.25. The van der Waals surface area contributed by atoms with Crippen LogP contribution in [0.5, 0.6) is 0 Å². The predicted octanol–water partition coefficient (Wildman–Crippen LogP) is 1.81. The molecule has 1 heterocycles. The molecule has 0 unspecified atom stereocenters. The Kier molecular flexibility index (Phi) is 3.01. The Labute approximate surface area is 104 Å². The number of nitrogens with two attached hydrogens (primary N) is 1. The highest BCUT2D eigenvalue weighted by Gasteiger charge is 2.21. The minimum absolute atomic E-state index is 0.0261. The number of carboxylic acid groups (broad SMARTS) is 1. The van der Waals surface area contributed by atoms with Crippen molar-refractivity contribution in [1.29, 1.82) is 0 Å². The highest BCUT2D eigenvalue weighted by Crippen LogP contribution is 2.25. The largest absolute Gasteiger partial charge is 0.476 e. The van der Waals surface area contributed by atoms with E-state index < -0.39 is 5.97 Å². The SMILES string of the molecule is CC(C)n1nnc(C(=O)O)c1-c1ccc(N)cc1. The summed E-state index contributed by atoms with van der Waals surface area (Å²) >= 11 is 0. The Morgan fingerprint density at radius 2 is 1.94 bits per heavy atom. The van der Waals surface area contributed by atoms with E-state index in [0.717, 1.165) is 5.56 Å². The zero-order valence-corrected chi connectivity index (χ0v) is 10.2. The van der Waals surface area contributed by atoms with Crippen LogP contribution in [0.15, 0.2) is 24.3 Å². The first kappa shape index (κ1) is 12.1. The van der Waals surface area contributed by atoms with Crippen molar-refractivity contribution < 1.29 is 9.90 Å². The Hall–Kier alpha value is -2.37. The van der Waals surface area contributed by atoms with Gasteiger partial charge in [0.25, 0.3) is 0 Å². The Bertz CT molecular complexity index is 572. The average molecular weight is 246 g/mol. The van der Waals surface area contributed by atoms with Gasteiger partial charge in [0.1, 0.15) is 5.69 Å². The first-order valence-corrected chi connectivity index (χ1v) is 5.55. The zero-order chi connectivity index (χ0) is 13.3. The van der Waals surface area contributed by atoms with Crippen LogP contribution in [-0.4, -0.2) is 26.1 Å². The molecule has 0 spiro atoms. The molecule has 1 aromatic carbocycles. The van der Waals surface area contributed by atoms with Crippen LogP contribution in [0, 0.1) is 0 Å². The van der Waals surface area contributed by atoms with Crippen LogP contribution in [0.3, 0.4) is 0 Å². The topological polar surface area (TPSA) is 94.0 Å². The molecular formula is C12H14N4O2. The lowest BCUT2D eigenvalue weighted by Crippen LogP contribution is -2.07. The van der Waals surface area contributed by atoms with E-state index in [1.807, 2.05) is 13.8 Å². The minimum atomic E-state index is -1.09. The molecule has 0 fully saturated rings. The van der Waals surface area contributed by atoms with Gasteiger partial charge in [-0.1, -0.05) is 17.3 Å². The van der Waals surface area contributed by atoms with Gasteiger partial charge in [-0.2, -0.15) is 0 Å². The monoisotopic (exact) mass is 246 g/mol. The van der Waals surface area contributed by atoms with Crippen LogP contribution < -0.4 is 5.73 Å². The van der Waals surface area contributed by atoms with Crippen molar-refractivity contribution in [2.45, 2.75) is 19.9 Å². The normalized spacial score (nSPS) is 10.8. The Balaban J connectivity index is 2.63. The molecule has 0 saturated heterocycles. The molecule has 1 aromatic heterocycles. The highest BCUT2D eigenvalue weighted by atomic mass is 16.4. The van der Waals surface area contributed by atoms with Crippen LogP contribution in [0.2, 0.25) is 0 Å². The van der Waals surface area contributed by atoms with Gasteiger partial charge in [-0.3, -0.25) is 0 Å². The van der Waals surface area contributed by atoms with Crippen molar-refractivity contribution in [1.82, 2.24) is 15.0 Å². The molecule has 3 N–H and O–H groups in total. The summed E-state index contributed by atoms with van der Waals surface area (Å²) in [5.41, 5.74) is 7.43. The number of carboxylic acids is 1. The number of rotatable bonds is 3. The minimum Gasteiger partial charge on any atom is -0.476 e. The van der Waals surface area contributed by atoms with Crippen LogP contribution in [0.25, 0.3) is 11.3 Å². The first-order valence-electron chi connectivity index (χ1n) is 5.55. The summed E-state index contributed by atoms with van der Waals surface area (Å²) in [6.45, 7) is 3.84. The van der Waals surface area contributed by atoms with Crippen LogP contribution in [0.4, 0.5) is 5.69 Å². The number of hydrogen-bond donors (Lipinski definition) is 2. The van der Waals surface area contributed by atoms with E-state index in [0.29, 0.717) is 11.4 Å². The summed E-state index contributed by atoms with van der Waals surface area (Å²) in [5.74, 6) is -1.09. The predicted molar refractivity (Wildman–Crippen MR) is 67.2 cm³/mol. The van der Waals surface area contributed by atoms with E-state index in [9.17, 15) is 4.79 Å². The fraction of sp³-hybridized carbons (Fsp3) is 0.250. The maximum atomic E-state index is 11.2. The number of anilines is 1. The lowest BCUT2D eigenvalue weighted by molar-refractivity contribution is 0.0691. The van der Waals surface area contributed by atoms with Gasteiger partial charge < -0.3 is 10.8 Å². The van der Waals surface area contributed by atoms with Crippen molar-refractivity contribution in [3.63, 3.8) is 0 Å². The smallest absolute Gasteiger partial charge is 0.358 e. The fourth-order valence-corrected chi connectivity index (χ4v) is 1.71. The molecule has 0 atom stereocenters. The maximum Gasteiger partial charge on any atom is 0.358 e. The van der Waals surface area contributed by atoms with E-state index in [4.69, 9.17) is 10.8 Å². The Morgan fingerprint density at radius 3 is 2.44 bits per heavy atom. The molecular weight excluding hydrogens is 232 g/mol. The van der Waals surface area contributed by atoms with Gasteiger partial charge in [0.15, 0.2) is 5.69 Å². The molecule has 0 saturated carbocycles. The van der Waals surface area contributed by atoms with E-state index >= 15 is 0 Å². The van der Waals surface area contributed by atoms with Gasteiger partial charge in [0.05, 0.1) is 0 Å². The average Bonchev–Trinajstić information content (AvgIpc) is 2.74. The van der Waals surface area contributed by atoms with E-state index in [1.54, 1.807) is 28.9 Å². The van der Waals surface area contributed by atoms with Crippen molar-refractivity contribution in [3.8, 4) is 11.3 Å². The molecule has 18 heavy (non-hydrogen) atoms. The second-order valence-electron chi connectivity index (χ2n) is 4.25. The van der Waals surface area contributed by atoms with Crippen molar-refractivity contribution in [3.05, 3.63) is 30.0 Å². The first-order chi connectivity index (χ1) is 8.50. The van der Waals surface area contributed by atoms with Gasteiger partial charge in [0.2, 0.25) is 0 Å². The molecule has 6 nitrogen and oxygen atoms in total. The van der Waals surface area contributed by atoms with Crippen molar-refractivity contribution in [2.24, 2.45) is 0 Å². The van der Waals surface area contributed by atoms with Crippen molar-refractivity contribution >= 4 is 11.7 Å². The number of nitrogens with zero attached hydrogens (tertiary/aromatic N) is 3. The van der Waals surface area contributed by atoms with Crippen LogP contribution >= 0.6 is 0 Å². The maximum absolute atomic E-state index is 11.2. The number of benzene rings is 1. The molecule has 0 aliphatic heterocycles. The molecule has 94 valence electrons. The van der Waals surface area contributed by atoms with E-state index in [1.165, 1.54) is 0 Å². The number of carbonyl (C=O) groups is 1. The fourth-order valence-electron chi connectivity index (χ4n) is 1.71. The van der Waals surface area contributed by atoms with Gasteiger partial charge in [-0.15, -0.1) is 5.10 Å². The number of hydrogen-bond acceptors (Lipinski definition) is 4. The summed E-state index contributed by atoms with van der Waals surface area (Å²) in [6.07, 6.45) is 0. The number of nitrogen functional groups attached to an aromatic ring is 1. The molecule has 0 radical (unpaired) electrons. The number of aromatic carboxylic acids is 1. The quantitative estimate of drug-likeness (QED) is 0.805. The van der Waals surface area contributed by atoms with Gasteiger partial charge >= 0.3 is 5.97 Å². The molecule has 0 amide bonds. The third-order valence-electron chi connectivity index (χ3n) is 2.57. The third-order valence-corrected chi connectivity index (χ3v) is 2.57. The van der Waals surface area contributed by atoms with Crippen LogP contribution in [0.1, 0.15) is 30.4 Å². The summed E-state index contributed by atoms with van der Waals surface area (Å²) in [6, 6.07) is 6.99. The van der Waals surface area contributed by atoms with Gasteiger partial charge in [-0.05, 0) is 26.0 Å². The molecule has 0 aliphatic rings. The molecule has 2 aromatic rings. The van der Waals surface area contributed by atoms with Gasteiger partial charge in [-0.25, -0.2) is 9.48 Å². The lowest BCUT2D eigenvalue weighted by atomic mass is 10.1. The summed E-state index contributed by atoms with van der Waals surface area (Å²) in [4.78, 5) is 11.2. The lowest BCUT2D eigenvalue weighted by Gasteiger charge is -2.10. The summed E-state index contributed by atoms with van der Waals surface area (Å²) in [7, 11) is 0. The van der Waals surface area contributed by atoms with Crippen molar-refractivity contribution in [2.75, 3.05) is 5.73 Å². The van der Waals surface area contributed by atoms with E-state index in [2.05, 4.69) is 10.3 Å². The van der Waals surface area contributed by atoms with E-state index in [-0.39, 0.29) is 11.7 Å².